The molecule has 0 unspecified atom stereocenters. The molecule has 0 amide bonds. The van der Waals surface area contributed by atoms with E-state index in [1.165, 1.54) is 0 Å². The summed E-state index contributed by atoms with van der Waals surface area (Å²) in [5, 5.41) is 3.14. The zero-order chi connectivity index (χ0) is 13.7. The Bertz CT molecular complexity index is 530. The van der Waals surface area contributed by atoms with E-state index in [1.54, 1.807) is 6.20 Å². The first kappa shape index (κ1) is 13.8. The van der Waals surface area contributed by atoms with Crippen molar-refractivity contribution in [1.29, 1.82) is 0 Å². The third kappa shape index (κ3) is 3.23. The first-order valence-electron chi connectivity index (χ1n) is 6.35. The Morgan fingerprint density at radius 3 is 2.58 bits per heavy atom. The minimum absolute atomic E-state index is 0.648. The van der Waals surface area contributed by atoms with Crippen LogP contribution < -0.4 is 10.2 Å². The molecule has 0 saturated heterocycles. The Kier molecular flexibility index (Phi) is 4.74. The van der Waals surface area contributed by atoms with E-state index in [1.807, 2.05) is 25.1 Å². The third-order valence-electron chi connectivity index (χ3n) is 2.70. The number of hydrogen-bond acceptors (Lipinski definition) is 4. The van der Waals surface area contributed by atoms with Gasteiger partial charge in [-0.15, -0.1) is 0 Å². The fourth-order valence-corrected chi connectivity index (χ4v) is 2.26. The molecule has 0 aliphatic heterocycles. The largest absolute Gasteiger partial charge is 0.354 e. The number of rotatable bonds is 5. The van der Waals surface area contributed by atoms with Crippen LogP contribution in [0.1, 0.15) is 13.8 Å². The van der Waals surface area contributed by atoms with Crippen molar-refractivity contribution in [2.45, 2.75) is 13.8 Å². The minimum Gasteiger partial charge on any atom is -0.354 e. The maximum absolute atomic E-state index is 4.57. The maximum Gasteiger partial charge on any atom is 0.224 e. The van der Waals surface area contributed by atoms with E-state index in [0.29, 0.717) is 5.95 Å². The summed E-state index contributed by atoms with van der Waals surface area (Å²) in [6.07, 6.45) is 1.78. The molecule has 0 aliphatic carbocycles. The average molecular weight is 321 g/mol. The molecule has 0 fully saturated rings. The highest BCUT2D eigenvalue weighted by Gasteiger charge is 2.13. The van der Waals surface area contributed by atoms with E-state index in [0.717, 1.165) is 29.1 Å². The molecule has 1 aromatic heterocycles. The summed E-state index contributed by atoms with van der Waals surface area (Å²) in [7, 11) is 0. The Morgan fingerprint density at radius 2 is 1.95 bits per heavy atom. The lowest BCUT2D eigenvalue weighted by molar-refractivity contribution is 0.964. The monoisotopic (exact) mass is 320 g/mol. The standard InChI is InChI=1S/C14H17BrN4/c1-3-16-14-17-10-12(15)13(18-14)19(4-2)11-8-6-5-7-9-11/h5-10H,3-4H2,1-2H3,(H,16,17,18). The topological polar surface area (TPSA) is 41.1 Å². The van der Waals surface area contributed by atoms with Gasteiger partial charge in [-0.05, 0) is 41.9 Å². The molecular weight excluding hydrogens is 304 g/mol. The lowest BCUT2D eigenvalue weighted by atomic mass is 10.3. The van der Waals surface area contributed by atoms with Crippen LogP contribution in [0.5, 0.6) is 0 Å². The fourth-order valence-electron chi connectivity index (χ4n) is 1.85. The number of benzene rings is 1. The summed E-state index contributed by atoms with van der Waals surface area (Å²) in [5.41, 5.74) is 1.12. The summed E-state index contributed by atoms with van der Waals surface area (Å²) < 4.78 is 0.889. The van der Waals surface area contributed by atoms with E-state index < -0.39 is 0 Å². The molecule has 0 aliphatic rings. The van der Waals surface area contributed by atoms with Gasteiger partial charge in [0.1, 0.15) is 0 Å². The Balaban J connectivity index is 2.40. The summed E-state index contributed by atoms with van der Waals surface area (Å²) in [4.78, 5) is 11.0. The highest BCUT2D eigenvalue weighted by molar-refractivity contribution is 9.10. The minimum atomic E-state index is 0.648. The average Bonchev–Trinajstić information content (AvgIpc) is 2.44. The Morgan fingerprint density at radius 1 is 1.21 bits per heavy atom. The number of hydrogen-bond donors (Lipinski definition) is 1. The predicted octanol–water partition coefficient (Wildman–Crippen LogP) is 3.83. The zero-order valence-electron chi connectivity index (χ0n) is 11.1. The van der Waals surface area contributed by atoms with Crippen LogP contribution in [-0.4, -0.2) is 23.1 Å². The van der Waals surface area contributed by atoms with Gasteiger partial charge in [0, 0.05) is 25.0 Å². The Labute approximate surface area is 122 Å². The van der Waals surface area contributed by atoms with Gasteiger partial charge in [-0.3, -0.25) is 0 Å². The van der Waals surface area contributed by atoms with E-state index in [2.05, 4.69) is 55.2 Å². The molecule has 0 atom stereocenters. The lowest BCUT2D eigenvalue weighted by Crippen LogP contribution is -2.19. The molecule has 19 heavy (non-hydrogen) atoms. The Hall–Kier alpha value is -1.62. The normalized spacial score (nSPS) is 10.3. The van der Waals surface area contributed by atoms with Gasteiger partial charge in [-0.1, -0.05) is 18.2 Å². The van der Waals surface area contributed by atoms with Gasteiger partial charge < -0.3 is 10.2 Å². The SMILES string of the molecule is CCNc1ncc(Br)c(N(CC)c2ccccc2)n1. The van der Waals surface area contributed by atoms with E-state index in [4.69, 9.17) is 0 Å². The zero-order valence-corrected chi connectivity index (χ0v) is 12.7. The van der Waals surface area contributed by atoms with Crippen molar-refractivity contribution in [3.8, 4) is 0 Å². The number of nitrogens with zero attached hydrogens (tertiary/aromatic N) is 3. The lowest BCUT2D eigenvalue weighted by Gasteiger charge is -2.23. The molecule has 0 bridgehead atoms. The molecule has 0 spiro atoms. The molecule has 0 radical (unpaired) electrons. The molecule has 2 rings (SSSR count). The smallest absolute Gasteiger partial charge is 0.224 e. The summed E-state index contributed by atoms with van der Waals surface area (Å²) in [5.74, 6) is 1.52. The molecule has 5 heteroatoms. The second-order valence-corrected chi connectivity index (χ2v) is 4.83. The van der Waals surface area contributed by atoms with Crippen molar-refractivity contribution in [1.82, 2.24) is 9.97 Å². The highest BCUT2D eigenvalue weighted by Crippen LogP contribution is 2.30. The van der Waals surface area contributed by atoms with E-state index >= 15 is 0 Å². The molecule has 0 saturated carbocycles. The van der Waals surface area contributed by atoms with Crippen molar-refractivity contribution in [3.63, 3.8) is 0 Å². The van der Waals surface area contributed by atoms with Crippen molar-refractivity contribution >= 4 is 33.4 Å². The van der Waals surface area contributed by atoms with Gasteiger partial charge >= 0.3 is 0 Å². The van der Waals surface area contributed by atoms with Crippen LogP contribution in [0.4, 0.5) is 17.5 Å². The summed E-state index contributed by atoms with van der Waals surface area (Å²) in [6, 6.07) is 10.2. The predicted molar refractivity (Wildman–Crippen MR) is 83.0 cm³/mol. The van der Waals surface area contributed by atoms with Crippen LogP contribution in [0, 0.1) is 0 Å². The van der Waals surface area contributed by atoms with Crippen molar-refractivity contribution < 1.29 is 0 Å². The van der Waals surface area contributed by atoms with Gasteiger partial charge in [0.15, 0.2) is 5.82 Å². The number of nitrogens with one attached hydrogen (secondary N) is 1. The molecule has 1 heterocycles. The molecular formula is C14H17BrN4. The van der Waals surface area contributed by atoms with Crippen molar-refractivity contribution in [2.24, 2.45) is 0 Å². The van der Waals surface area contributed by atoms with Gasteiger partial charge in [0.25, 0.3) is 0 Å². The molecule has 100 valence electrons. The molecule has 1 N–H and O–H groups in total. The van der Waals surface area contributed by atoms with Crippen LogP contribution in [-0.2, 0) is 0 Å². The van der Waals surface area contributed by atoms with Gasteiger partial charge in [0.05, 0.1) is 4.47 Å². The van der Waals surface area contributed by atoms with Gasteiger partial charge in [-0.2, -0.15) is 4.98 Å². The van der Waals surface area contributed by atoms with Crippen molar-refractivity contribution in [2.75, 3.05) is 23.3 Å². The van der Waals surface area contributed by atoms with Crippen LogP contribution in [0.3, 0.4) is 0 Å². The first-order valence-corrected chi connectivity index (χ1v) is 7.14. The molecule has 4 nitrogen and oxygen atoms in total. The van der Waals surface area contributed by atoms with Crippen LogP contribution >= 0.6 is 15.9 Å². The quantitative estimate of drug-likeness (QED) is 0.909. The maximum atomic E-state index is 4.57. The van der Waals surface area contributed by atoms with Crippen LogP contribution in [0.15, 0.2) is 41.0 Å². The first-order chi connectivity index (χ1) is 9.26. The van der Waals surface area contributed by atoms with Gasteiger partial charge in [-0.25, -0.2) is 4.98 Å². The molecule has 1 aromatic carbocycles. The number of halogens is 1. The second kappa shape index (κ2) is 6.52. The molecule has 2 aromatic rings. The third-order valence-corrected chi connectivity index (χ3v) is 3.26. The van der Waals surface area contributed by atoms with Gasteiger partial charge in [0.2, 0.25) is 5.95 Å². The van der Waals surface area contributed by atoms with Crippen LogP contribution in [0.25, 0.3) is 0 Å². The fraction of sp³-hybridized carbons (Fsp3) is 0.286. The number of para-hydroxylation sites is 1. The number of aromatic nitrogens is 2. The van der Waals surface area contributed by atoms with E-state index in [9.17, 15) is 0 Å². The number of anilines is 3. The van der Waals surface area contributed by atoms with E-state index in [-0.39, 0.29) is 0 Å². The van der Waals surface area contributed by atoms with Crippen LogP contribution in [0.2, 0.25) is 0 Å². The summed E-state index contributed by atoms with van der Waals surface area (Å²) >= 11 is 3.53. The van der Waals surface area contributed by atoms with Crippen molar-refractivity contribution in [3.05, 3.63) is 41.0 Å². The highest BCUT2D eigenvalue weighted by atomic mass is 79.9. The second-order valence-electron chi connectivity index (χ2n) is 3.98. The summed E-state index contributed by atoms with van der Waals surface area (Å²) in [6.45, 7) is 5.78.